The molecule has 4 rings (SSSR count). The molecule has 0 saturated heterocycles. The van der Waals surface area contributed by atoms with Crippen LogP contribution in [-0.2, 0) is 19.6 Å². The molecular weight excluding hydrogens is 374 g/mol. The van der Waals surface area contributed by atoms with Gasteiger partial charge in [0.25, 0.3) is 5.91 Å². The maximum Gasteiger partial charge on any atom is 0.251 e. The van der Waals surface area contributed by atoms with E-state index in [-0.39, 0.29) is 5.91 Å². The van der Waals surface area contributed by atoms with Crippen LogP contribution in [0.1, 0.15) is 38.7 Å². The van der Waals surface area contributed by atoms with Gasteiger partial charge < -0.3 is 14.5 Å². The van der Waals surface area contributed by atoms with Crippen molar-refractivity contribution >= 4 is 5.91 Å². The number of nitrogens with one attached hydrogen (secondary N) is 1. The lowest BCUT2D eigenvalue weighted by molar-refractivity contribution is 0.0951. The standard InChI is InChI=1S/C24H25N5O/c1-18-25-10-12-28(18)16-20-6-8-23(9-7-20)24(30)27-15-21-4-3-5-22(14-21)17-29-13-11-26-19(29)2/h3-14H,15-17H2,1-2H3,(H,27,30). The van der Waals surface area contributed by atoms with Crippen LogP contribution in [0, 0.1) is 13.8 Å². The third kappa shape index (κ3) is 4.66. The molecule has 30 heavy (non-hydrogen) atoms. The lowest BCUT2D eigenvalue weighted by Gasteiger charge is -2.10. The monoisotopic (exact) mass is 399 g/mol. The Labute approximate surface area is 176 Å². The summed E-state index contributed by atoms with van der Waals surface area (Å²) in [5, 5.41) is 3.01. The van der Waals surface area contributed by atoms with Gasteiger partial charge in [0, 0.05) is 50.0 Å². The van der Waals surface area contributed by atoms with Crippen LogP contribution in [0.5, 0.6) is 0 Å². The van der Waals surface area contributed by atoms with E-state index in [0.717, 1.165) is 35.9 Å². The second-order valence-corrected chi connectivity index (χ2v) is 7.40. The minimum absolute atomic E-state index is 0.0729. The second kappa shape index (κ2) is 8.78. The molecule has 2 aromatic heterocycles. The average Bonchev–Trinajstić information content (AvgIpc) is 3.35. The maximum atomic E-state index is 12.5. The Morgan fingerprint density at radius 1 is 0.833 bits per heavy atom. The normalized spacial score (nSPS) is 10.9. The third-order valence-electron chi connectivity index (χ3n) is 5.21. The van der Waals surface area contributed by atoms with Gasteiger partial charge in [0.2, 0.25) is 0 Å². The summed E-state index contributed by atoms with van der Waals surface area (Å²) in [6.07, 6.45) is 7.53. The van der Waals surface area contributed by atoms with Crippen molar-refractivity contribution in [2.24, 2.45) is 0 Å². The van der Waals surface area contributed by atoms with Gasteiger partial charge in [-0.3, -0.25) is 4.79 Å². The van der Waals surface area contributed by atoms with Gasteiger partial charge in [-0.1, -0.05) is 36.4 Å². The van der Waals surface area contributed by atoms with Crippen molar-refractivity contribution in [3.63, 3.8) is 0 Å². The molecule has 1 N–H and O–H groups in total. The smallest absolute Gasteiger partial charge is 0.251 e. The van der Waals surface area contributed by atoms with Crippen LogP contribution in [0.15, 0.2) is 73.3 Å². The summed E-state index contributed by atoms with van der Waals surface area (Å²) in [5.74, 6) is 1.89. The molecule has 0 bridgehead atoms. The summed E-state index contributed by atoms with van der Waals surface area (Å²) < 4.78 is 4.18. The van der Waals surface area contributed by atoms with Crippen LogP contribution < -0.4 is 5.32 Å². The van der Waals surface area contributed by atoms with Crippen molar-refractivity contribution in [2.75, 3.05) is 0 Å². The fourth-order valence-electron chi connectivity index (χ4n) is 3.42. The molecule has 0 aliphatic heterocycles. The highest BCUT2D eigenvalue weighted by Crippen LogP contribution is 2.11. The van der Waals surface area contributed by atoms with Gasteiger partial charge >= 0.3 is 0 Å². The summed E-state index contributed by atoms with van der Waals surface area (Å²) in [7, 11) is 0. The molecule has 0 spiro atoms. The Morgan fingerprint density at radius 3 is 2.03 bits per heavy atom. The van der Waals surface area contributed by atoms with Crippen LogP contribution in [0.2, 0.25) is 0 Å². The lowest BCUT2D eigenvalue weighted by atomic mass is 10.1. The molecule has 0 unspecified atom stereocenters. The van der Waals surface area contributed by atoms with Crippen LogP contribution in [-0.4, -0.2) is 25.0 Å². The lowest BCUT2D eigenvalue weighted by Crippen LogP contribution is -2.22. The number of carbonyl (C=O) groups is 1. The Hall–Kier alpha value is -3.67. The predicted molar refractivity (Wildman–Crippen MR) is 116 cm³/mol. The molecule has 0 aliphatic carbocycles. The van der Waals surface area contributed by atoms with Gasteiger partial charge in [-0.25, -0.2) is 9.97 Å². The maximum absolute atomic E-state index is 12.5. The number of rotatable bonds is 7. The highest BCUT2D eigenvalue weighted by Gasteiger charge is 2.07. The minimum Gasteiger partial charge on any atom is -0.348 e. The Kier molecular flexibility index (Phi) is 5.75. The van der Waals surface area contributed by atoms with Gasteiger partial charge in [-0.05, 0) is 42.7 Å². The van der Waals surface area contributed by atoms with E-state index >= 15 is 0 Å². The van der Waals surface area contributed by atoms with E-state index in [1.807, 2.05) is 62.6 Å². The first-order valence-electron chi connectivity index (χ1n) is 9.99. The number of hydrogen-bond acceptors (Lipinski definition) is 3. The first-order valence-corrected chi connectivity index (χ1v) is 9.99. The summed E-state index contributed by atoms with van der Waals surface area (Å²) >= 11 is 0. The zero-order chi connectivity index (χ0) is 20.9. The van der Waals surface area contributed by atoms with E-state index in [1.165, 1.54) is 5.56 Å². The molecule has 0 aliphatic rings. The van der Waals surface area contributed by atoms with Crippen molar-refractivity contribution in [3.05, 3.63) is 107 Å². The Balaban J connectivity index is 1.35. The van der Waals surface area contributed by atoms with Gasteiger partial charge in [0.15, 0.2) is 0 Å². The Morgan fingerprint density at radius 2 is 1.43 bits per heavy atom. The van der Waals surface area contributed by atoms with Crippen molar-refractivity contribution in [2.45, 2.75) is 33.5 Å². The van der Waals surface area contributed by atoms with E-state index in [0.29, 0.717) is 12.1 Å². The SMILES string of the molecule is Cc1nccn1Cc1ccc(C(=O)NCc2cccc(Cn3ccnc3C)c2)cc1. The minimum atomic E-state index is -0.0729. The molecule has 0 atom stereocenters. The first-order chi connectivity index (χ1) is 14.6. The summed E-state index contributed by atoms with van der Waals surface area (Å²) in [4.78, 5) is 21.0. The number of aromatic nitrogens is 4. The summed E-state index contributed by atoms with van der Waals surface area (Å²) in [5.41, 5.74) is 4.05. The van der Waals surface area contributed by atoms with Crippen molar-refractivity contribution in [1.29, 1.82) is 0 Å². The van der Waals surface area contributed by atoms with Crippen LogP contribution in [0.25, 0.3) is 0 Å². The first kappa shape index (κ1) is 19.6. The fourth-order valence-corrected chi connectivity index (χ4v) is 3.42. The highest BCUT2D eigenvalue weighted by molar-refractivity contribution is 5.94. The van der Waals surface area contributed by atoms with Crippen LogP contribution in [0.4, 0.5) is 0 Å². The fraction of sp³-hybridized carbons (Fsp3) is 0.208. The number of benzene rings is 2. The second-order valence-electron chi connectivity index (χ2n) is 7.40. The molecule has 0 fully saturated rings. The highest BCUT2D eigenvalue weighted by atomic mass is 16.1. The molecule has 6 nitrogen and oxygen atoms in total. The topological polar surface area (TPSA) is 64.7 Å². The molecule has 6 heteroatoms. The molecule has 152 valence electrons. The van der Waals surface area contributed by atoms with Gasteiger partial charge in [-0.2, -0.15) is 0 Å². The van der Waals surface area contributed by atoms with E-state index < -0.39 is 0 Å². The number of hydrogen-bond donors (Lipinski definition) is 1. The van der Waals surface area contributed by atoms with Crippen molar-refractivity contribution < 1.29 is 4.79 Å². The largest absolute Gasteiger partial charge is 0.348 e. The molecule has 0 radical (unpaired) electrons. The van der Waals surface area contributed by atoms with Crippen molar-refractivity contribution in [1.82, 2.24) is 24.4 Å². The number of aryl methyl sites for hydroxylation is 2. The van der Waals surface area contributed by atoms with Gasteiger partial charge in [0.1, 0.15) is 11.6 Å². The number of carbonyl (C=O) groups excluding carboxylic acids is 1. The molecule has 2 heterocycles. The molecule has 1 amide bonds. The van der Waals surface area contributed by atoms with E-state index in [1.54, 1.807) is 12.4 Å². The van der Waals surface area contributed by atoms with E-state index in [2.05, 4.69) is 36.6 Å². The number of nitrogens with zero attached hydrogens (tertiary/aromatic N) is 4. The van der Waals surface area contributed by atoms with Gasteiger partial charge in [0.05, 0.1) is 0 Å². The number of amides is 1. The Bertz CT molecular complexity index is 1140. The van der Waals surface area contributed by atoms with Crippen molar-refractivity contribution in [3.8, 4) is 0 Å². The molecule has 4 aromatic rings. The molecular formula is C24H25N5O. The summed E-state index contributed by atoms with van der Waals surface area (Å²) in [6.45, 7) is 5.98. The van der Waals surface area contributed by atoms with Crippen LogP contribution in [0.3, 0.4) is 0 Å². The van der Waals surface area contributed by atoms with E-state index in [4.69, 9.17) is 0 Å². The summed E-state index contributed by atoms with van der Waals surface area (Å²) in [6, 6.07) is 16.0. The zero-order valence-electron chi connectivity index (χ0n) is 17.2. The number of imidazole rings is 2. The predicted octanol–water partition coefficient (Wildman–Crippen LogP) is 3.72. The third-order valence-corrected chi connectivity index (χ3v) is 5.21. The van der Waals surface area contributed by atoms with E-state index in [9.17, 15) is 4.79 Å². The average molecular weight is 399 g/mol. The molecule has 2 aromatic carbocycles. The zero-order valence-corrected chi connectivity index (χ0v) is 17.2. The van der Waals surface area contributed by atoms with Crippen LogP contribution >= 0.6 is 0 Å². The molecule has 0 saturated carbocycles. The quantitative estimate of drug-likeness (QED) is 0.515. The van der Waals surface area contributed by atoms with Gasteiger partial charge in [-0.15, -0.1) is 0 Å².